The van der Waals surface area contributed by atoms with Crippen molar-refractivity contribution in [2.24, 2.45) is 17.6 Å². The lowest BCUT2D eigenvalue weighted by Gasteiger charge is -2.23. The Morgan fingerprint density at radius 2 is 2.13 bits per heavy atom. The average Bonchev–Trinajstić information content (AvgIpc) is 2.74. The minimum absolute atomic E-state index is 0. The van der Waals surface area contributed by atoms with E-state index in [-0.39, 0.29) is 36.8 Å². The van der Waals surface area contributed by atoms with Crippen molar-refractivity contribution >= 4 is 18.3 Å². The van der Waals surface area contributed by atoms with Crippen LogP contribution in [-0.4, -0.2) is 36.1 Å². The molecule has 2 aliphatic rings. The van der Waals surface area contributed by atoms with Crippen molar-refractivity contribution in [3.63, 3.8) is 0 Å². The molecule has 2 rings (SSSR count). The van der Waals surface area contributed by atoms with Gasteiger partial charge in [0.05, 0.1) is 6.54 Å². The summed E-state index contributed by atoms with van der Waals surface area (Å²) in [6.45, 7) is 2.69. The Morgan fingerprint density at radius 3 is 2.60 bits per heavy atom. The Hall–Kier alpha value is -0.350. The van der Waals surface area contributed by atoms with Gasteiger partial charge in [-0.05, 0) is 12.3 Å². The Labute approximate surface area is 95.6 Å². The third-order valence-electron chi connectivity index (χ3n) is 3.35. The van der Waals surface area contributed by atoms with Crippen LogP contribution < -0.4 is 5.73 Å². The quantitative estimate of drug-likeness (QED) is 0.777. The van der Waals surface area contributed by atoms with Crippen molar-refractivity contribution in [3.8, 4) is 0 Å². The lowest BCUT2D eigenvalue weighted by atomic mass is 10.2. The summed E-state index contributed by atoms with van der Waals surface area (Å²) < 4.78 is 13.1. The molecule has 3 nitrogen and oxygen atoms in total. The van der Waals surface area contributed by atoms with Gasteiger partial charge in [-0.15, -0.1) is 12.4 Å². The fourth-order valence-electron chi connectivity index (χ4n) is 2.23. The molecule has 15 heavy (non-hydrogen) atoms. The van der Waals surface area contributed by atoms with Gasteiger partial charge in [0.15, 0.2) is 0 Å². The number of amides is 1. The summed E-state index contributed by atoms with van der Waals surface area (Å²) in [5.41, 5.74) is 5.52. The molecule has 1 amide bonds. The first-order chi connectivity index (χ1) is 6.63. The van der Waals surface area contributed by atoms with Crippen LogP contribution in [0.4, 0.5) is 4.39 Å². The molecule has 1 saturated heterocycles. The van der Waals surface area contributed by atoms with Gasteiger partial charge in [0.1, 0.15) is 6.17 Å². The zero-order chi connectivity index (χ0) is 10.3. The van der Waals surface area contributed by atoms with Gasteiger partial charge < -0.3 is 10.6 Å². The first-order valence-corrected chi connectivity index (χ1v) is 5.28. The number of hydrogen-bond acceptors (Lipinski definition) is 2. The number of carbonyl (C=O) groups is 1. The Morgan fingerprint density at radius 1 is 1.53 bits per heavy atom. The van der Waals surface area contributed by atoms with Crippen molar-refractivity contribution in [1.29, 1.82) is 0 Å². The third kappa shape index (κ3) is 2.42. The maximum atomic E-state index is 13.1. The molecule has 2 unspecified atom stereocenters. The van der Waals surface area contributed by atoms with Crippen molar-refractivity contribution in [2.75, 3.05) is 13.1 Å². The van der Waals surface area contributed by atoms with E-state index in [1.54, 1.807) is 4.90 Å². The highest BCUT2D eigenvalue weighted by Gasteiger charge is 2.45. The van der Waals surface area contributed by atoms with Gasteiger partial charge in [-0.1, -0.05) is 6.92 Å². The van der Waals surface area contributed by atoms with Gasteiger partial charge >= 0.3 is 0 Å². The predicted octanol–water partition coefficient (Wildman–Crippen LogP) is 0.962. The summed E-state index contributed by atoms with van der Waals surface area (Å²) in [6, 6.07) is -0.0645. The molecule has 88 valence electrons. The Balaban J connectivity index is 0.00000112. The molecule has 0 spiro atoms. The minimum atomic E-state index is -0.874. The average molecular weight is 237 g/mol. The lowest BCUT2D eigenvalue weighted by Crippen LogP contribution is -2.41. The number of rotatable bonds is 2. The van der Waals surface area contributed by atoms with Crippen molar-refractivity contribution in [3.05, 3.63) is 0 Å². The fraction of sp³-hybridized carbons (Fsp3) is 0.900. The van der Waals surface area contributed by atoms with Gasteiger partial charge in [0.2, 0.25) is 5.91 Å². The molecule has 0 aromatic heterocycles. The maximum absolute atomic E-state index is 13.1. The molecule has 1 aliphatic carbocycles. The molecular weight excluding hydrogens is 219 g/mol. The second-order valence-electron chi connectivity index (χ2n) is 4.53. The van der Waals surface area contributed by atoms with Crippen molar-refractivity contribution in [1.82, 2.24) is 4.90 Å². The number of nitrogens with two attached hydrogens (primary N) is 1. The van der Waals surface area contributed by atoms with E-state index in [2.05, 4.69) is 6.92 Å². The number of hydrogen-bond donors (Lipinski definition) is 1. The smallest absolute Gasteiger partial charge is 0.226 e. The Bertz CT molecular complexity index is 252. The number of alkyl halides is 1. The molecule has 0 bridgehead atoms. The van der Waals surface area contributed by atoms with Gasteiger partial charge in [0.25, 0.3) is 0 Å². The molecule has 2 N–H and O–H groups in total. The number of likely N-dealkylation sites (tertiary alicyclic amines) is 1. The van der Waals surface area contributed by atoms with E-state index in [0.29, 0.717) is 18.9 Å². The maximum Gasteiger partial charge on any atom is 0.226 e. The highest BCUT2D eigenvalue weighted by Crippen LogP contribution is 2.40. The predicted molar refractivity (Wildman–Crippen MR) is 58.6 cm³/mol. The highest BCUT2D eigenvalue weighted by atomic mass is 35.5. The number of nitrogens with zero attached hydrogens (tertiary/aromatic N) is 1. The van der Waals surface area contributed by atoms with E-state index >= 15 is 0 Å². The van der Waals surface area contributed by atoms with Gasteiger partial charge in [-0.3, -0.25) is 4.79 Å². The van der Waals surface area contributed by atoms with E-state index < -0.39 is 6.17 Å². The van der Waals surface area contributed by atoms with E-state index in [4.69, 9.17) is 5.73 Å². The first-order valence-electron chi connectivity index (χ1n) is 5.28. The van der Waals surface area contributed by atoms with Crippen LogP contribution >= 0.6 is 12.4 Å². The van der Waals surface area contributed by atoms with Crippen LogP contribution in [0.3, 0.4) is 0 Å². The van der Waals surface area contributed by atoms with E-state index in [1.165, 1.54) is 0 Å². The minimum Gasteiger partial charge on any atom is -0.335 e. The molecule has 2 fully saturated rings. The van der Waals surface area contributed by atoms with Crippen LogP contribution in [0.15, 0.2) is 0 Å². The van der Waals surface area contributed by atoms with Crippen LogP contribution in [0.5, 0.6) is 0 Å². The van der Waals surface area contributed by atoms with Crippen LogP contribution in [0.25, 0.3) is 0 Å². The first kappa shape index (κ1) is 12.7. The molecule has 5 heteroatoms. The molecule has 0 aromatic rings. The van der Waals surface area contributed by atoms with Crippen LogP contribution in [0.2, 0.25) is 0 Å². The molecule has 1 heterocycles. The molecule has 4 atom stereocenters. The highest BCUT2D eigenvalue weighted by molar-refractivity contribution is 5.85. The summed E-state index contributed by atoms with van der Waals surface area (Å²) in [5, 5.41) is 0. The third-order valence-corrected chi connectivity index (χ3v) is 3.35. The summed E-state index contributed by atoms with van der Waals surface area (Å²) in [5.74, 6) is 0.752. The molecule has 0 aromatic carbocycles. The molecule has 0 radical (unpaired) electrons. The SMILES string of the molecule is CC1CC1C(=O)N1C[C@@H](F)C[C@H]1CN.Cl. The normalized spacial score (nSPS) is 38.7. The largest absolute Gasteiger partial charge is 0.335 e. The second-order valence-corrected chi connectivity index (χ2v) is 4.53. The van der Waals surface area contributed by atoms with Gasteiger partial charge in [-0.25, -0.2) is 4.39 Å². The summed E-state index contributed by atoms with van der Waals surface area (Å²) in [4.78, 5) is 13.5. The van der Waals surface area contributed by atoms with Crippen molar-refractivity contribution < 1.29 is 9.18 Å². The van der Waals surface area contributed by atoms with E-state index in [9.17, 15) is 9.18 Å². The zero-order valence-corrected chi connectivity index (χ0v) is 9.67. The number of carbonyl (C=O) groups excluding carboxylic acids is 1. The fourth-order valence-corrected chi connectivity index (χ4v) is 2.23. The standard InChI is InChI=1S/C10H17FN2O.ClH/c1-6-2-9(6)10(14)13-5-7(11)3-8(13)4-12;/h6-9H,2-5,12H2,1H3;1H/t6?,7-,8-,9?;/m0./s1. The molecular formula is C10H18ClFN2O. The summed E-state index contributed by atoms with van der Waals surface area (Å²) in [7, 11) is 0. The summed E-state index contributed by atoms with van der Waals surface area (Å²) in [6.07, 6.45) is 0.508. The Kier molecular flexibility index (Phi) is 3.95. The van der Waals surface area contributed by atoms with Crippen LogP contribution in [-0.2, 0) is 4.79 Å². The second kappa shape index (κ2) is 4.66. The van der Waals surface area contributed by atoms with Gasteiger partial charge in [-0.2, -0.15) is 0 Å². The topological polar surface area (TPSA) is 46.3 Å². The molecule has 1 saturated carbocycles. The van der Waals surface area contributed by atoms with Crippen LogP contribution in [0.1, 0.15) is 19.8 Å². The lowest BCUT2D eigenvalue weighted by molar-refractivity contribution is -0.133. The van der Waals surface area contributed by atoms with Gasteiger partial charge in [0, 0.05) is 24.9 Å². The monoisotopic (exact) mass is 236 g/mol. The zero-order valence-electron chi connectivity index (χ0n) is 8.86. The summed E-state index contributed by atoms with van der Waals surface area (Å²) >= 11 is 0. The van der Waals surface area contributed by atoms with Crippen LogP contribution in [0, 0.1) is 11.8 Å². The van der Waals surface area contributed by atoms with Crippen molar-refractivity contribution in [2.45, 2.75) is 32.0 Å². The van der Waals surface area contributed by atoms with E-state index in [0.717, 1.165) is 6.42 Å². The van der Waals surface area contributed by atoms with E-state index in [1.807, 2.05) is 0 Å². The molecule has 1 aliphatic heterocycles. The number of halogens is 2.